The Hall–Kier alpha value is -2.31. The number of sulfonamides is 1. The lowest BCUT2D eigenvalue weighted by Gasteiger charge is -2.08. The molecule has 0 spiro atoms. The van der Waals surface area contributed by atoms with Crippen LogP contribution >= 0.6 is 0 Å². The van der Waals surface area contributed by atoms with Crippen molar-refractivity contribution in [3.63, 3.8) is 0 Å². The summed E-state index contributed by atoms with van der Waals surface area (Å²) in [5.41, 5.74) is 3.50. The van der Waals surface area contributed by atoms with Gasteiger partial charge in [-0.1, -0.05) is 18.2 Å². The number of ether oxygens (including phenoxy) is 1. The SMILES string of the molecule is CCOc1ccc(S(=O)(=O)NCCc2c(C)n(C)c3ccccc23)cc1. The molecule has 0 amide bonds. The van der Waals surface area contributed by atoms with E-state index in [1.54, 1.807) is 24.3 Å². The van der Waals surface area contributed by atoms with Crippen molar-refractivity contribution in [2.75, 3.05) is 13.2 Å². The number of benzene rings is 2. The highest BCUT2D eigenvalue weighted by molar-refractivity contribution is 7.89. The lowest BCUT2D eigenvalue weighted by atomic mass is 10.1. The van der Waals surface area contributed by atoms with E-state index < -0.39 is 10.0 Å². The highest BCUT2D eigenvalue weighted by atomic mass is 32.2. The minimum Gasteiger partial charge on any atom is -0.494 e. The molecule has 138 valence electrons. The van der Waals surface area contributed by atoms with Gasteiger partial charge in [0, 0.05) is 30.2 Å². The quantitative estimate of drug-likeness (QED) is 0.691. The smallest absolute Gasteiger partial charge is 0.240 e. The third-order valence-corrected chi connectivity index (χ3v) is 6.12. The first-order valence-electron chi connectivity index (χ1n) is 8.69. The van der Waals surface area contributed by atoms with Crippen LogP contribution in [0.25, 0.3) is 10.9 Å². The molecule has 0 radical (unpaired) electrons. The third-order valence-electron chi connectivity index (χ3n) is 4.64. The Morgan fingerprint density at radius 3 is 2.46 bits per heavy atom. The van der Waals surface area contributed by atoms with Crippen LogP contribution in [0, 0.1) is 6.92 Å². The molecule has 1 N–H and O–H groups in total. The predicted octanol–water partition coefficient (Wildman–Crippen LogP) is 3.41. The van der Waals surface area contributed by atoms with Crippen molar-refractivity contribution in [3.05, 3.63) is 59.8 Å². The van der Waals surface area contributed by atoms with Gasteiger partial charge in [-0.15, -0.1) is 0 Å². The molecular weight excluding hydrogens is 348 g/mol. The second kappa shape index (κ2) is 7.51. The molecule has 2 aromatic carbocycles. The molecule has 26 heavy (non-hydrogen) atoms. The van der Waals surface area contributed by atoms with Crippen LogP contribution in [0.15, 0.2) is 53.4 Å². The number of fused-ring (bicyclic) bond motifs is 1. The van der Waals surface area contributed by atoms with Crippen LogP contribution in [0.5, 0.6) is 5.75 Å². The van der Waals surface area contributed by atoms with E-state index in [1.807, 2.05) is 26.1 Å². The van der Waals surface area contributed by atoms with Crippen LogP contribution in [0.4, 0.5) is 0 Å². The van der Waals surface area contributed by atoms with Crippen molar-refractivity contribution < 1.29 is 13.2 Å². The maximum absolute atomic E-state index is 12.5. The molecule has 0 bridgehead atoms. The summed E-state index contributed by atoms with van der Waals surface area (Å²) in [6.07, 6.45) is 0.642. The lowest BCUT2D eigenvalue weighted by molar-refractivity contribution is 0.340. The number of aromatic nitrogens is 1. The Kier molecular flexibility index (Phi) is 5.34. The number of hydrogen-bond donors (Lipinski definition) is 1. The second-order valence-electron chi connectivity index (χ2n) is 6.19. The van der Waals surface area contributed by atoms with Crippen molar-refractivity contribution in [2.45, 2.75) is 25.2 Å². The molecule has 0 aliphatic rings. The number of nitrogens with one attached hydrogen (secondary N) is 1. The van der Waals surface area contributed by atoms with Crippen molar-refractivity contribution in [1.29, 1.82) is 0 Å². The molecule has 3 aromatic rings. The molecule has 3 rings (SSSR count). The van der Waals surface area contributed by atoms with E-state index in [1.165, 1.54) is 10.9 Å². The minimum absolute atomic E-state index is 0.246. The molecule has 0 atom stereocenters. The normalized spacial score (nSPS) is 11.8. The summed E-state index contributed by atoms with van der Waals surface area (Å²) >= 11 is 0. The fourth-order valence-electron chi connectivity index (χ4n) is 3.19. The highest BCUT2D eigenvalue weighted by Crippen LogP contribution is 2.25. The van der Waals surface area contributed by atoms with Gasteiger partial charge in [0.1, 0.15) is 5.75 Å². The number of aryl methyl sites for hydroxylation is 1. The molecule has 5 nitrogen and oxygen atoms in total. The van der Waals surface area contributed by atoms with E-state index in [0.717, 1.165) is 11.2 Å². The van der Waals surface area contributed by atoms with Gasteiger partial charge >= 0.3 is 0 Å². The molecule has 0 aliphatic carbocycles. The lowest BCUT2D eigenvalue weighted by Crippen LogP contribution is -2.26. The number of rotatable bonds is 7. The van der Waals surface area contributed by atoms with Crippen LogP contribution in [0.1, 0.15) is 18.2 Å². The van der Waals surface area contributed by atoms with Crippen LogP contribution < -0.4 is 9.46 Å². The standard InChI is InChI=1S/C20H24N2O3S/c1-4-25-16-9-11-17(12-10-16)26(23,24)21-14-13-18-15(2)22(3)20-8-6-5-7-19(18)20/h5-12,21H,4,13-14H2,1-3H3. The second-order valence-corrected chi connectivity index (χ2v) is 7.96. The Balaban J connectivity index is 1.72. The Morgan fingerprint density at radius 1 is 1.08 bits per heavy atom. The van der Waals surface area contributed by atoms with Crippen LogP contribution in [-0.2, 0) is 23.5 Å². The Bertz CT molecular complexity index is 1010. The van der Waals surface area contributed by atoms with Gasteiger partial charge in [-0.05, 0) is 56.2 Å². The summed E-state index contributed by atoms with van der Waals surface area (Å²) in [6, 6.07) is 14.7. The van der Waals surface area contributed by atoms with Gasteiger partial charge in [0.2, 0.25) is 10.0 Å². The van der Waals surface area contributed by atoms with Crippen LogP contribution in [0.2, 0.25) is 0 Å². The summed E-state index contributed by atoms with van der Waals surface area (Å²) < 4.78 is 35.2. The highest BCUT2D eigenvalue weighted by Gasteiger charge is 2.15. The predicted molar refractivity (Wildman–Crippen MR) is 104 cm³/mol. The van der Waals surface area contributed by atoms with Crippen LogP contribution in [0.3, 0.4) is 0 Å². The summed E-state index contributed by atoms with van der Waals surface area (Å²) in [7, 11) is -1.50. The summed E-state index contributed by atoms with van der Waals surface area (Å²) in [6.45, 7) is 4.86. The van der Waals surface area contributed by atoms with E-state index in [2.05, 4.69) is 28.3 Å². The van der Waals surface area contributed by atoms with Crippen molar-refractivity contribution in [3.8, 4) is 5.75 Å². The van der Waals surface area contributed by atoms with E-state index >= 15 is 0 Å². The van der Waals surface area contributed by atoms with Gasteiger partial charge < -0.3 is 9.30 Å². The van der Waals surface area contributed by atoms with Crippen molar-refractivity contribution in [1.82, 2.24) is 9.29 Å². The fraction of sp³-hybridized carbons (Fsp3) is 0.300. The van der Waals surface area contributed by atoms with E-state index in [4.69, 9.17) is 4.74 Å². The molecule has 1 aromatic heterocycles. The van der Waals surface area contributed by atoms with Gasteiger partial charge in [-0.3, -0.25) is 0 Å². The monoisotopic (exact) mass is 372 g/mol. The maximum atomic E-state index is 12.5. The average molecular weight is 372 g/mol. The first-order chi connectivity index (χ1) is 12.4. The molecule has 6 heteroatoms. The van der Waals surface area contributed by atoms with E-state index in [-0.39, 0.29) is 4.90 Å². The Labute approximate surface area is 154 Å². The molecule has 1 heterocycles. The van der Waals surface area contributed by atoms with Crippen LogP contribution in [-0.4, -0.2) is 26.1 Å². The summed E-state index contributed by atoms with van der Waals surface area (Å²) in [5, 5.41) is 1.17. The maximum Gasteiger partial charge on any atom is 0.240 e. The molecule has 0 aliphatic heterocycles. The number of hydrogen-bond acceptors (Lipinski definition) is 3. The molecule has 0 fully saturated rings. The third kappa shape index (κ3) is 3.61. The zero-order chi connectivity index (χ0) is 18.7. The molecule has 0 saturated heterocycles. The van der Waals surface area contributed by atoms with Gasteiger partial charge in [-0.25, -0.2) is 13.1 Å². The summed E-state index contributed by atoms with van der Waals surface area (Å²) in [5.74, 6) is 0.665. The number of para-hydroxylation sites is 1. The molecular formula is C20H24N2O3S. The topological polar surface area (TPSA) is 60.3 Å². The molecule has 0 saturated carbocycles. The van der Waals surface area contributed by atoms with E-state index in [9.17, 15) is 8.42 Å². The van der Waals surface area contributed by atoms with Crippen molar-refractivity contribution >= 4 is 20.9 Å². The van der Waals surface area contributed by atoms with Gasteiger partial charge in [-0.2, -0.15) is 0 Å². The van der Waals surface area contributed by atoms with Crippen molar-refractivity contribution in [2.24, 2.45) is 7.05 Å². The minimum atomic E-state index is -3.53. The fourth-order valence-corrected chi connectivity index (χ4v) is 4.22. The Morgan fingerprint density at radius 2 is 1.77 bits per heavy atom. The van der Waals surface area contributed by atoms with E-state index in [0.29, 0.717) is 25.3 Å². The van der Waals surface area contributed by atoms with Gasteiger partial charge in [0.05, 0.1) is 11.5 Å². The largest absolute Gasteiger partial charge is 0.494 e. The van der Waals surface area contributed by atoms with Gasteiger partial charge in [0.25, 0.3) is 0 Å². The zero-order valence-electron chi connectivity index (χ0n) is 15.3. The summed E-state index contributed by atoms with van der Waals surface area (Å²) in [4.78, 5) is 0.246. The molecule has 0 unspecified atom stereocenters. The van der Waals surface area contributed by atoms with Gasteiger partial charge in [0.15, 0.2) is 0 Å². The zero-order valence-corrected chi connectivity index (χ0v) is 16.1. The first kappa shape index (κ1) is 18.5. The number of nitrogens with zero attached hydrogens (tertiary/aromatic N) is 1. The average Bonchev–Trinajstić information content (AvgIpc) is 2.88. The first-order valence-corrected chi connectivity index (χ1v) is 10.2.